The van der Waals surface area contributed by atoms with Crippen molar-refractivity contribution >= 4 is 22.3 Å². The molecule has 0 unspecified atom stereocenters. The number of carboxylic acids is 1. The van der Waals surface area contributed by atoms with E-state index in [0.717, 1.165) is 39.8 Å². The van der Waals surface area contributed by atoms with E-state index in [-0.39, 0.29) is 0 Å². The van der Waals surface area contributed by atoms with E-state index in [1.807, 2.05) is 35.6 Å². The number of hydrogen-bond donors (Lipinski definition) is 1. The van der Waals surface area contributed by atoms with Gasteiger partial charge in [0.2, 0.25) is 0 Å². The second-order valence-corrected chi connectivity index (χ2v) is 6.12. The van der Waals surface area contributed by atoms with Crippen LogP contribution in [0.4, 0.5) is 0 Å². The summed E-state index contributed by atoms with van der Waals surface area (Å²) in [6, 6.07) is 7.78. The van der Waals surface area contributed by atoms with E-state index >= 15 is 0 Å². The first-order chi connectivity index (χ1) is 11.1. The van der Waals surface area contributed by atoms with Gasteiger partial charge in [-0.25, -0.2) is 9.78 Å². The molecule has 120 valence electrons. The number of benzene rings is 1. The summed E-state index contributed by atoms with van der Waals surface area (Å²) in [5, 5.41) is 9.38. The predicted molar refractivity (Wildman–Crippen MR) is 90.8 cm³/mol. The highest BCUT2D eigenvalue weighted by atomic mass is 32.1. The molecule has 6 heteroatoms. The molecule has 0 bridgehead atoms. The Kier molecular flexibility index (Phi) is 4.09. The van der Waals surface area contributed by atoms with Gasteiger partial charge in [0, 0.05) is 11.3 Å². The molecule has 0 radical (unpaired) electrons. The molecule has 1 N–H and O–H groups in total. The number of aromatic nitrogens is 2. The average molecular weight is 330 g/mol. The number of fused-ring (bicyclic) bond motifs is 1. The van der Waals surface area contributed by atoms with Gasteiger partial charge in [0.05, 0.1) is 18.5 Å². The van der Waals surface area contributed by atoms with Gasteiger partial charge >= 0.3 is 5.97 Å². The zero-order valence-electron chi connectivity index (χ0n) is 13.3. The third-order valence-corrected chi connectivity index (χ3v) is 4.97. The third-order valence-electron chi connectivity index (χ3n) is 3.89. The van der Waals surface area contributed by atoms with Crippen LogP contribution in [-0.4, -0.2) is 27.6 Å². The van der Waals surface area contributed by atoms with Gasteiger partial charge in [0.25, 0.3) is 0 Å². The van der Waals surface area contributed by atoms with E-state index in [9.17, 15) is 9.90 Å². The number of thiazole rings is 1. The first-order valence-electron chi connectivity index (χ1n) is 7.51. The Bertz CT molecular complexity index is 862. The van der Waals surface area contributed by atoms with Crippen LogP contribution in [0.2, 0.25) is 0 Å². The van der Waals surface area contributed by atoms with Gasteiger partial charge in [0.1, 0.15) is 10.6 Å². The fourth-order valence-corrected chi connectivity index (χ4v) is 3.89. The summed E-state index contributed by atoms with van der Waals surface area (Å²) >= 11 is 1.24. The number of nitrogens with zero attached hydrogens (tertiary/aromatic N) is 2. The number of aromatic carboxylic acids is 1. The van der Waals surface area contributed by atoms with E-state index in [1.54, 1.807) is 7.11 Å². The first kappa shape index (κ1) is 15.6. The van der Waals surface area contributed by atoms with Crippen LogP contribution < -0.4 is 4.74 Å². The minimum absolute atomic E-state index is 0.381. The van der Waals surface area contributed by atoms with Crippen LogP contribution in [0.5, 0.6) is 5.75 Å². The Morgan fingerprint density at radius 2 is 1.87 bits per heavy atom. The SMILES string of the molecule is CCc1c(-c2ccc(OC)cc2)nc2sc(C(=O)O)c(CC)n12. The number of carboxylic acid groups (broad SMARTS) is 1. The number of carbonyl (C=O) groups is 1. The highest BCUT2D eigenvalue weighted by molar-refractivity contribution is 7.19. The molecular formula is C17H18N2O3S. The van der Waals surface area contributed by atoms with Gasteiger partial charge in [-0.2, -0.15) is 0 Å². The molecule has 2 aromatic heterocycles. The molecule has 5 nitrogen and oxygen atoms in total. The van der Waals surface area contributed by atoms with Gasteiger partial charge in [-0.3, -0.25) is 4.40 Å². The van der Waals surface area contributed by atoms with Crippen molar-refractivity contribution in [3.05, 3.63) is 40.5 Å². The lowest BCUT2D eigenvalue weighted by Crippen LogP contribution is -2.03. The van der Waals surface area contributed by atoms with Gasteiger partial charge in [-0.05, 0) is 37.1 Å². The molecule has 3 aromatic rings. The van der Waals surface area contributed by atoms with E-state index in [2.05, 4.69) is 6.92 Å². The van der Waals surface area contributed by atoms with Gasteiger partial charge < -0.3 is 9.84 Å². The van der Waals surface area contributed by atoms with Crippen molar-refractivity contribution in [3.63, 3.8) is 0 Å². The molecule has 0 aliphatic carbocycles. The number of aryl methyl sites for hydroxylation is 2. The van der Waals surface area contributed by atoms with E-state index < -0.39 is 5.97 Å². The summed E-state index contributed by atoms with van der Waals surface area (Å²) in [4.78, 5) is 17.2. The molecule has 2 heterocycles. The Morgan fingerprint density at radius 1 is 1.22 bits per heavy atom. The van der Waals surface area contributed by atoms with Gasteiger partial charge in [-0.1, -0.05) is 25.2 Å². The summed E-state index contributed by atoms with van der Waals surface area (Å²) in [5.74, 6) is -0.0827. The number of hydrogen-bond acceptors (Lipinski definition) is 4. The summed E-state index contributed by atoms with van der Waals surface area (Å²) in [7, 11) is 1.64. The third kappa shape index (κ3) is 2.49. The Balaban J connectivity index is 2.22. The predicted octanol–water partition coefficient (Wildman–Crippen LogP) is 3.89. The van der Waals surface area contributed by atoms with Crippen molar-refractivity contribution < 1.29 is 14.6 Å². The fraction of sp³-hybridized carbons (Fsp3) is 0.294. The average Bonchev–Trinajstić information content (AvgIpc) is 3.10. The summed E-state index contributed by atoms with van der Waals surface area (Å²) < 4.78 is 7.20. The van der Waals surface area contributed by atoms with Crippen molar-refractivity contribution in [3.8, 4) is 17.0 Å². The molecule has 0 aliphatic rings. The lowest BCUT2D eigenvalue weighted by Gasteiger charge is -2.06. The molecule has 0 atom stereocenters. The van der Waals surface area contributed by atoms with Gasteiger partial charge in [0.15, 0.2) is 4.96 Å². The highest BCUT2D eigenvalue weighted by Gasteiger charge is 2.22. The zero-order valence-corrected chi connectivity index (χ0v) is 14.1. The minimum Gasteiger partial charge on any atom is -0.497 e. The monoisotopic (exact) mass is 330 g/mol. The number of methoxy groups -OCH3 is 1. The molecule has 23 heavy (non-hydrogen) atoms. The molecule has 0 spiro atoms. The quantitative estimate of drug-likeness (QED) is 0.771. The van der Waals surface area contributed by atoms with Crippen molar-refractivity contribution in [2.24, 2.45) is 0 Å². The normalized spacial score (nSPS) is 11.1. The lowest BCUT2D eigenvalue weighted by molar-refractivity contribution is 0.0700. The maximum atomic E-state index is 11.4. The maximum Gasteiger partial charge on any atom is 0.347 e. The molecule has 0 fully saturated rings. The van der Waals surface area contributed by atoms with E-state index in [1.165, 1.54) is 11.3 Å². The van der Waals surface area contributed by atoms with E-state index in [4.69, 9.17) is 9.72 Å². The zero-order chi connectivity index (χ0) is 16.6. The highest BCUT2D eigenvalue weighted by Crippen LogP contribution is 2.32. The fourth-order valence-electron chi connectivity index (χ4n) is 2.82. The smallest absolute Gasteiger partial charge is 0.347 e. The minimum atomic E-state index is -0.884. The van der Waals surface area contributed by atoms with Crippen molar-refractivity contribution in [2.45, 2.75) is 26.7 Å². The van der Waals surface area contributed by atoms with Crippen LogP contribution in [0.15, 0.2) is 24.3 Å². The molecule has 0 saturated heterocycles. The summed E-state index contributed by atoms with van der Waals surface area (Å²) in [6.45, 7) is 4.04. The second kappa shape index (κ2) is 6.04. The van der Waals surface area contributed by atoms with Crippen molar-refractivity contribution in [1.82, 2.24) is 9.38 Å². The Hall–Kier alpha value is -2.34. The van der Waals surface area contributed by atoms with Crippen LogP contribution >= 0.6 is 11.3 Å². The Morgan fingerprint density at radius 3 is 2.39 bits per heavy atom. The largest absolute Gasteiger partial charge is 0.497 e. The summed E-state index contributed by atoms with van der Waals surface area (Å²) in [5.41, 5.74) is 3.79. The van der Waals surface area contributed by atoms with Crippen LogP contribution in [-0.2, 0) is 12.8 Å². The van der Waals surface area contributed by atoms with E-state index in [0.29, 0.717) is 11.3 Å². The van der Waals surface area contributed by atoms with Crippen LogP contribution in [0.3, 0.4) is 0 Å². The van der Waals surface area contributed by atoms with Crippen LogP contribution in [0, 0.1) is 0 Å². The molecule has 0 aliphatic heterocycles. The summed E-state index contributed by atoms with van der Waals surface area (Å²) in [6.07, 6.45) is 1.44. The number of imidazole rings is 1. The molecule has 3 rings (SSSR count). The van der Waals surface area contributed by atoms with Gasteiger partial charge in [-0.15, -0.1) is 0 Å². The number of ether oxygens (including phenoxy) is 1. The topological polar surface area (TPSA) is 63.8 Å². The molecule has 1 aromatic carbocycles. The van der Waals surface area contributed by atoms with Crippen LogP contribution in [0.25, 0.3) is 16.2 Å². The first-order valence-corrected chi connectivity index (χ1v) is 8.33. The Labute approximate surface area is 138 Å². The van der Waals surface area contributed by atoms with Crippen molar-refractivity contribution in [2.75, 3.05) is 7.11 Å². The lowest BCUT2D eigenvalue weighted by atomic mass is 10.1. The molecular weight excluding hydrogens is 312 g/mol. The number of rotatable bonds is 5. The van der Waals surface area contributed by atoms with Crippen molar-refractivity contribution in [1.29, 1.82) is 0 Å². The second-order valence-electron chi connectivity index (χ2n) is 5.14. The molecule has 0 amide bonds. The standard InChI is InChI=1S/C17H18N2O3S/c1-4-12-14(10-6-8-11(22-3)9-7-10)18-17-19(12)13(5-2)15(23-17)16(20)21/h6-9H,4-5H2,1-3H3,(H,20,21). The molecule has 0 saturated carbocycles. The maximum absolute atomic E-state index is 11.4. The van der Waals surface area contributed by atoms with Crippen LogP contribution in [0.1, 0.15) is 34.9 Å².